The Kier molecular flexibility index (Phi) is 4.15. The summed E-state index contributed by atoms with van der Waals surface area (Å²) in [5.41, 5.74) is 0.936. The fraction of sp³-hybridized carbons (Fsp3) is 0.538. The molecule has 0 aliphatic heterocycles. The second kappa shape index (κ2) is 5.82. The lowest BCUT2D eigenvalue weighted by molar-refractivity contribution is 0.269. The van der Waals surface area contributed by atoms with Crippen LogP contribution in [-0.4, -0.2) is 33.2 Å². The Hall–Kier alpha value is -1.62. The van der Waals surface area contributed by atoms with Crippen molar-refractivity contribution in [1.29, 1.82) is 0 Å². The fourth-order valence-electron chi connectivity index (χ4n) is 1.98. The molecule has 2 heterocycles. The van der Waals surface area contributed by atoms with E-state index in [1.807, 2.05) is 32.4 Å². The third-order valence-electron chi connectivity index (χ3n) is 2.96. The molecule has 0 fully saturated rings. The molecule has 0 spiro atoms. The van der Waals surface area contributed by atoms with Crippen LogP contribution < -0.4 is 0 Å². The van der Waals surface area contributed by atoms with Crippen LogP contribution in [-0.2, 0) is 20.0 Å². The van der Waals surface area contributed by atoms with E-state index in [-0.39, 0.29) is 0 Å². The van der Waals surface area contributed by atoms with Crippen molar-refractivity contribution in [1.82, 2.24) is 19.6 Å². The smallest absolute Gasteiger partial charge is 0.150 e. The van der Waals surface area contributed by atoms with E-state index >= 15 is 0 Å². The molecule has 98 valence electrons. The minimum absolute atomic E-state index is 0.807. The average Bonchev–Trinajstić information content (AvgIpc) is 2.89. The SMILES string of the molecule is Cc1cc(CN(C)CCCc2nccn2C)on1. The quantitative estimate of drug-likeness (QED) is 0.782. The van der Waals surface area contributed by atoms with Gasteiger partial charge in [-0.05, 0) is 26.9 Å². The Morgan fingerprint density at radius 2 is 2.28 bits per heavy atom. The zero-order chi connectivity index (χ0) is 13.0. The normalized spacial score (nSPS) is 11.3. The van der Waals surface area contributed by atoms with E-state index < -0.39 is 0 Å². The predicted molar refractivity (Wildman–Crippen MR) is 69.1 cm³/mol. The molecule has 5 nitrogen and oxygen atoms in total. The van der Waals surface area contributed by atoms with E-state index in [2.05, 4.69) is 26.7 Å². The molecule has 0 radical (unpaired) electrons. The molecule has 0 atom stereocenters. The summed E-state index contributed by atoms with van der Waals surface area (Å²) >= 11 is 0. The number of aromatic nitrogens is 3. The van der Waals surface area contributed by atoms with Crippen LogP contribution in [0.1, 0.15) is 23.7 Å². The maximum absolute atomic E-state index is 5.20. The van der Waals surface area contributed by atoms with Crippen molar-refractivity contribution in [3.8, 4) is 0 Å². The molecule has 0 unspecified atom stereocenters. The number of aryl methyl sites for hydroxylation is 3. The van der Waals surface area contributed by atoms with Crippen molar-refractivity contribution < 1.29 is 4.52 Å². The van der Waals surface area contributed by atoms with Crippen LogP contribution in [0.5, 0.6) is 0 Å². The maximum atomic E-state index is 5.20. The first kappa shape index (κ1) is 12.8. The van der Waals surface area contributed by atoms with Crippen molar-refractivity contribution in [2.75, 3.05) is 13.6 Å². The number of nitrogens with zero attached hydrogens (tertiary/aromatic N) is 4. The highest BCUT2D eigenvalue weighted by atomic mass is 16.5. The van der Waals surface area contributed by atoms with Gasteiger partial charge in [0, 0.05) is 31.9 Å². The molecule has 0 saturated heterocycles. The molecule has 2 rings (SSSR count). The third kappa shape index (κ3) is 3.43. The number of imidazole rings is 1. The molecule has 2 aromatic heterocycles. The van der Waals surface area contributed by atoms with Gasteiger partial charge in [-0.3, -0.25) is 4.90 Å². The van der Waals surface area contributed by atoms with E-state index in [1.54, 1.807) is 0 Å². The molecule has 0 bridgehead atoms. The summed E-state index contributed by atoms with van der Waals surface area (Å²) in [6.45, 7) is 3.77. The van der Waals surface area contributed by atoms with Gasteiger partial charge in [-0.25, -0.2) is 4.98 Å². The van der Waals surface area contributed by atoms with E-state index in [1.165, 1.54) is 0 Å². The topological polar surface area (TPSA) is 47.1 Å². The van der Waals surface area contributed by atoms with Crippen LogP contribution >= 0.6 is 0 Å². The van der Waals surface area contributed by atoms with Crippen LogP contribution in [0, 0.1) is 6.92 Å². The van der Waals surface area contributed by atoms with Crippen molar-refractivity contribution >= 4 is 0 Å². The number of hydrogen-bond acceptors (Lipinski definition) is 4. The molecule has 0 aliphatic carbocycles. The molecule has 2 aromatic rings. The monoisotopic (exact) mass is 248 g/mol. The van der Waals surface area contributed by atoms with E-state index in [9.17, 15) is 0 Å². The molecule has 0 aromatic carbocycles. The Balaban J connectivity index is 1.72. The van der Waals surface area contributed by atoms with Crippen molar-refractivity contribution in [2.45, 2.75) is 26.3 Å². The van der Waals surface area contributed by atoms with Gasteiger partial charge in [0.05, 0.1) is 12.2 Å². The molecule has 0 aliphatic rings. The van der Waals surface area contributed by atoms with Crippen molar-refractivity contribution in [3.63, 3.8) is 0 Å². The summed E-state index contributed by atoms with van der Waals surface area (Å²) in [7, 11) is 4.12. The lowest BCUT2D eigenvalue weighted by atomic mass is 10.2. The number of hydrogen-bond donors (Lipinski definition) is 0. The molecule has 5 heteroatoms. The Morgan fingerprint density at radius 3 is 2.89 bits per heavy atom. The summed E-state index contributed by atoms with van der Waals surface area (Å²) in [5.74, 6) is 2.06. The van der Waals surface area contributed by atoms with Gasteiger partial charge >= 0.3 is 0 Å². The highest BCUT2D eigenvalue weighted by Crippen LogP contribution is 2.06. The number of rotatable bonds is 6. The van der Waals surface area contributed by atoms with E-state index in [0.29, 0.717) is 0 Å². The van der Waals surface area contributed by atoms with Crippen LogP contribution in [0.4, 0.5) is 0 Å². The first-order valence-corrected chi connectivity index (χ1v) is 6.22. The molecular weight excluding hydrogens is 228 g/mol. The lowest BCUT2D eigenvalue weighted by Gasteiger charge is -2.14. The largest absolute Gasteiger partial charge is 0.360 e. The van der Waals surface area contributed by atoms with E-state index in [0.717, 1.165) is 43.2 Å². The molecule has 0 amide bonds. The van der Waals surface area contributed by atoms with Gasteiger partial charge in [0.15, 0.2) is 5.76 Å². The van der Waals surface area contributed by atoms with Gasteiger partial charge in [-0.1, -0.05) is 5.16 Å². The lowest BCUT2D eigenvalue weighted by Crippen LogP contribution is -2.19. The molecule has 18 heavy (non-hydrogen) atoms. The second-order valence-electron chi connectivity index (χ2n) is 4.73. The van der Waals surface area contributed by atoms with Gasteiger partial charge in [-0.15, -0.1) is 0 Å². The van der Waals surface area contributed by atoms with Gasteiger partial charge in [-0.2, -0.15) is 0 Å². The third-order valence-corrected chi connectivity index (χ3v) is 2.96. The highest BCUT2D eigenvalue weighted by Gasteiger charge is 2.06. The summed E-state index contributed by atoms with van der Waals surface area (Å²) in [4.78, 5) is 6.55. The predicted octanol–water partition coefficient (Wildman–Crippen LogP) is 1.78. The van der Waals surface area contributed by atoms with Gasteiger partial charge in [0.1, 0.15) is 5.82 Å². The van der Waals surface area contributed by atoms with Gasteiger partial charge in [0.25, 0.3) is 0 Å². The molecule has 0 saturated carbocycles. The van der Waals surface area contributed by atoms with Crippen LogP contribution in [0.3, 0.4) is 0 Å². The second-order valence-corrected chi connectivity index (χ2v) is 4.73. The van der Waals surface area contributed by atoms with Crippen molar-refractivity contribution in [2.24, 2.45) is 7.05 Å². The Morgan fingerprint density at radius 1 is 1.44 bits per heavy atom. The highest BCUT2D eigenvalue weighted by molar-refractivity contribution is 5.02. The standard InChI is InChI=1S/C13H20N4O/c1-11-9-12(18-15-11)10-16(2)7-4-5-13-14-6-8-17(13)3/h6,8-9H,4-5,7,10H2,1-3H3. The summed E-state index contributed by atoms with van der Waals surface area (Å²) in [6.07, 6.45) is 5.92. The van der Waals surface area contributed by atoms with Crippen LogP contribution in [0.2, 0.25) is 0 Å². The summed E-state index contributed by atoms with van der Waals surface area (Å²) in [5, 5.41) is 3.89. The zero-order valence-electron chi connectivity index (χ0n) is 11.3. The summed E-state index contributed by atoms with van der Waals surface area (Å²) < 4.78 is 7.27. The summed E-state index contributed by atoms with van der Waals surface area (Å²) in [6, 6.07) is 1.98. The molecule has 0 N–H and O–H groups in total. The average molecular weight is 248 g/mol. The van der Waals surface area contributed by atoms with Gasteiger partial charge < -0.3 is 9.09 Å². The fourth-order valence-corrected chi connectivity index (χ4v) is 1.98. The zero-order valence-corrected chi connectivity index (χ0v) is 11.3. The Labute approximate surface area is 107 Å². The van der Waals surface area contributed by atoms with E-state index in [4.69, 9.17) is 4.52 Å². The Bertz CT molecular complexity index is 489. The minimum atomic E-state index is 0.807. The van der Waals surface area contributed by atoms with Crippen molar-refractivity contribution in [3.05, 3.63) is 35.7 Å². The van der Waals surface area contributed by atoms with Gasteiger partial charge in [0.2, 0.25) is 0 Å². The first-order valence-electron chi connectivity index (χ1n) is 6.22. The van der Waals surface area contributed by atoms with Crippen LogP contribution in [0.25, 0.3) is 0 Å². The molecular formula is C13H20N4O. The minimum Gasteiger partial charge on any atom is -0.360 e. The van der Waals surface area contributed by atoms with Crippen LogP contribution in [0.15, 0.2) is 23.0 Å². The maximum Gasteiger partial charge on any atom is 0.150 e. The first-order chi connectivity index (χ1) is 8.65.